The Balaban J connectivity index is 2.43. The lowest BCUT2D eigenvalue weighted by Gasteiger charge is -2.21. The Kier molecular flexibility index (Phi) is 11.8. The highest BCUT2D eigenvalue weighted by Gasteiger charge is 2.20. The van der Waals surface area contributed by atoms with Gasteiger partial charge in [0, 0.05) is 12.7 Å². The van der Waals surface area contributed by atoms with Crippen molar-refractivity contribution in [3.8, 4) is 5.88 Å². The van der Waals surface area contributed by atoms with Crippen LogP contribution in [-0.2, 0) is 4.74 Å². The number of Topliss-reactive ketones (excluding diaryl/α,β-unsaturated/α-hetero) is 1. The summed E-state index contributed by atoms with van der Waals surface area (Å²) in [5.74, 6) is -0.441. The monoisotopic (exact) mass is 393 g/mol. The van der Waals surface area contributed by atoms with E-state index in [0.29, 0.717) is 18.6 Å². The predicted octanol–water partition coefficient (Wildman–Crippen LogP) is 5.91. The summed E-state index contributed by atoms with van der Waals surface area (Å²) in [5.41, 5.74) is 0.148. The number of carbonyl (C=O) groups is 1. The number of ether oxygens (including phenoxy) is 1. The Morgan fingerprint density at radius 2 is 1.57 bits per heavy atom. The second-order valence-corrected chi connectivity index (χ2v) is 7.71. The highest BCUT2D eigenvalue weighted by Crippen LogP contribution is 2.21. The van der Waals surface area contributed by atoms with Crippen molar-refractivity contribution in [2.75, 3.05) is 6.61 Å². The van der Waals surface area contributed by atoms with E-state index in [1.54, 1.807) is 6.92 Å². The molecule has 0 saturated heterocycles. The number of aryl methyl sites for hydroxylation is 1. The van der Waals surface area contributed by atoms with Gasteiger partial charge in [0.25, 0.3) is 5.56 Å². The van der Waals surface area contributed by atoms with Gasteiger partial charge in [0.15, 0.2) is 11.7 Å². The summed E-state index contributed by atoms with van der Waals surface area (Å²) >= 11 is 0. The summed E-state index contributed by atoms with van der Waals surface area (Å²) in [4.78, 5) is 24.4. The molecule has 160 valence electrons. The summed E-state index contributed by atoms with van der Waals surface area (Å²) in [6, 6.07) is 1.46. The van der Waals surface area contributed by atoms with Gasteiger partial charge in [-0.25, -0.2) is 0 Å². The Bertz CT molecular complexity index is 651. The van der Waals surface area contributed by atoms with E-state index in [4.69, 9.17) is 4.74 Å². The molecule has 0 saturated carbocycles. The molecule has 0 spiro atoms. The first-order valence-electron chi connectivity index (χ1n) is 11.0. The maximum Gasteiger partial charge on any atom is 0.266 e. The molecule has 1 unspecified atom stereocenters. The minimum atomic E-state index is -0.551. The van der Waals surface area contributed by atoms with Crippen LogP contribution in [0.15, 0.2) is 10.9 Å². The average Bonchev–Trinajstić information content (AvgIpc) is 2.63. The molecule has 0 aromatic carbocycles. The van der Waals surface area contributed by atoms with Gasteiger partial charge in [0.05, 0.1) is 5.56 Å². The molecule has 0 radical (unpaired) electrons. The molecule has 1 rings (SSSR count). The zero-order chi connectivity index (χ0) is 20.9. The fourth-order valence-corrected chi connectivity index (χ4v) is 3.62. The third kappa shape index (κ3) is 7.78. The van der Waals surface area contributed by atoms with Crippen LogP contribution in [0.3, 0.4) is 0 Å². The van der Waals surface area contributed by atoms with Crippen molar-refractivity contribution in [1.29, 1.82) is 0 Å². The van der Waals surface area contributed by atoms with Crippen molar-refractivity contribution in [1.82, 2.24) is 4.57 Å². The molecule has 0 aliphatic carbocycles. The number of unbranched alkanes of at least 4 members (excludes halogenated alkanes) is 9. The SMILES string of the molecule is CCCCCCCCCCCCOC(CC)n1c(O)cc(C)c(C(C)=O)c1=O. The highest BCUT2D eigenvalue weighted by molar-refractivity contribution is 5.95. The molecule has 0 bridgehead atoms. The van der Waals surface area contributed by atoms with Crippen molar-refractivity contribution in [2.45, 2.75) is 105 Å². The molecule has 0 amide bonds. The van der Waals surface area contributed by atoms with Crippen LogP contribution in [-0.4, -0.2) is 22.1 Å². The largest absolute Gasteiger partial charge is 0.494 e. The van der Waals surface area contributed by atoms with Gasteiger partial charge < -0.3 is 9.84 Å². The minimum absolute atomic E-state index is 0.124. The van der Waals surface area contributed by atoms with Crippen LogP contribution in [0.25, 0.3) is 0 Å². The molecule has 1 N–H and O–H groups in total. The standard InChI is InChI=1S/C23H39NO4/c1-5-7-8-9-10-11-12-13-14-15-16-28-21(6-2)24-20(26)17-18(3)22(19(4)25)23(24)27/h17,21,26H,5-16H2,1-4H3. The van der Waals surface area contributed by atoms with Crippen LogP contribution < -0.4 is 5.56 Å². The molecule has 0 aliphatic rings. The molecule has 1 heterocycles. The number of hydrogen-bond donors (Lipinski definition) is 1. The zero-order valence-electron chi connectivity index (χ0n) is 18.3. The Morgan fingerprint density at radius 1 is 1.04 bits per heavy atom. The Hall–Kier alpha value is -1.62. The van der Waals surface area contributed by atoms with Crippen molar-refractivity contribution in [3.05, 3.63) is 27.5 Å². The van der Waals surface area contributed by atoms with Crippen LogP contribution >= 0.6 is 0 Å². The molecule has 5 nitrogen and oxygen atoms in total. The van der Waals surface area contributed by atoms with E-state index in [9.17, 15) is 14.7 Å². The normalized spacial score (nSPS) is 12.3. The zero-order valence-corrected chi connectivity index (χ0v) is 18.3. The first-order valence-corrected chi connectivity index (χ1v) is 11.0. The Labute approximate surface area is 170 Å². The molecular formula is C23H39NO4. The fourth-order valence-electron chi connectivity index (χ4n) is 3.62. The van der Waals surface area contributed by atoms with E-state index in [0.717, 1.165) is 12.8 Å². The van der Waals surface area contributed by atoms with Crippen molar-refractivity contribution < 1.29 is 14.6 Å². The molecule has 0 aliphatic heterocycles. The van der Waals surface area contributed by atoms with E-state index < -0.39 is 11.8 Å². The lowest BCUT2D eigenvalue weighted by Crippen LogP contribution is -2.31. The summed E-state index contributed by atoms with van der Waals surface area (Å²) in [6.45, 7) is 7.72. The van der Waals surface area contributed by atoms with Gasteiger partial charge in [0.2, 0.25) is 0 Å². The number of nitrogens with zero attached hydrogens (tertiary/aromatic N) is 1. The number of aromatic hydroxyl groups is 1. The minimum Gasteiger partial charge on any atom is -0.494 e. The van der Waals surface area contributed by atoms with Gasteiger partial charge in [-0.15, -0.1) is 0 Å². The quantitative estimate of drug-likeness (QED) is 0.297. The Morgan fingerprint density at radius 3 is 2.07 bits per heavy atom. The number of aromatic nitrogens is 1. The van der Waals surface area contributed by atoms with Crippen molar-refractivity contribution in [3.63, 3.8) is 0 Å². The average molecular weight is 394 g/mol. The lowest BCUT2D eigenvalue weighted by molar-refractivity contribution is -0.00895. The lowest BCUT2D eigenvalue weighted by atomic mass is 10.1. The van der Waals surface area contributed by atoms with Crippen LogP contribution in [0.1, 0.15) is 114 Å². The summed E-state index contributed by atoms with van der Waals surface area (Å²) in [5, 5.41) is 10.2. The smallest absolute Gasteiger partial charge is 0.266 e. The number of carbonyl (C=O) groups excluding carboxylic acids is 1. The van der Waals surface area contributed by atoms with Gasteiger partial charge in [0.1, 0.15) is 6.23 Å². The van der Waals surface area contributed by atoms with Gasteiger partial charge in [-0.3, -0.25) is 14.2 Å². The van der Waals surface area contributed by atoms with E-state index >= 15 is 0 Å². The first kappa shape index (κ1) is 24.4. The molecule has 5 heteroatoms. The summed E-state index contributed by atoms with van der Waals surface area (Å²) < 4.78 is 7.09. The maximum absolute atomic E-state index is 12.7. The molecule has 1 atom stereocenters. The summed E-state index contributed by atoms with van der Waals surface area (Å²) in [7, 11) is 0. The molecule has 28 heavy (non-hydrogen) atoms. The van der Waals surface area contributed by atoms with Gasteiger partial charge in [-0.05, 0) is 32.3 Å². The van der Waals surface area contributed by atoms with E-state index in [1.165, 1.54) is 68.9 Å². The van der Waals surface area contributed by atoms with Crippen molar-refractivity contribution >= 4 is 5.78 Å². The second-order valence-electron chi connectivity index (χ2n) is 7.71. The second kappa shape index (κ2) is 13.5. The first-order chi connectivity index (χ1) is 13.4. The number of hydrogen-bond acceptors (Lipinski definition) is 4. The van der Waals surface area contributed by atoms with Gasteiger partial charge in [-0.1, -0.05) is 71.6 Å². The number of rotatable bonds is 15. The third-order valence-electron chi connectivity index (χ3n) is 5.22. The van der Waals surface area contributed by atoms with Gasteiger partial charge >= 0.3 is 0 Å². The number of ketones is 1. The molecule has 1 aromatic rings. The van der Waals surface area contributed by atoms with E-state index in [2.05, 4.69) is 6.92 Å². The van der Waals surface area contributed by atoms with Gasteiger partial charge in [-0.2, -0.15) is 0 Å². The molecule has 0 fully saturated rings. The predicted molar refractivity (Wildman–Crippen MR) is 114 cm³/mol. The third-order valence-corrected chi connectivity index (χ3v) is 5.22. The topological polar surface area (TPSA) is 68.5 Å². The molecule has 1 aromatic heterocycles. The van der Waals surface area contributed by atoms with Crippen LogP contribution in [0.5, 0.6) is 5.88 Å². The van der Waals surface area contributed by atoms with Crippen LogP contribution in [0.2, 0.25) is 0 Å². The molecular weight excluding hydrogens is 354 g/mol. The highest BCUT2D eigenvalue weighted by atomic mass is 16.5. The van der Waals surface area contributed by atoms with E-state index in [-0.39, 0.29) is 17.2 Å². The van der Waals surface area contributed by atoms with Crippen molar-refractivity contribution in [2.24, 2.45) is 0 Å². The maximum atomic E-state index is 12.7. The van der Waals surface area contributed by atoms with Crippen LogP contribution in [0.4, 0.5) is 0 Å². The number of pyridine rings is 1. The fraction of sp³-hybridized carbons (Fsp3) is 0.739. The summed E-state index contributed by atoms with van der Waals surface area (Å²) in [6.07, 6.45) is 12.5. The van der Waals surface area contributed by atoms with E-state index in [1.807, 2.05) is 6.92 Å². The van der Waals surface area contributed by atoms with Crippen LogP contribution in [0, 0.1) is 6.92 Å².